The Morgan fingerprint density at radius 3 is 0.459 bits per heavy atom. The molecule has 432 valence electrons. The van der Waals surface area contributed by atoms with Gasteiger partial charge in [0.1, 0.15) is 11.9 Å². The predicted molar refractivity (Wildman–Crippen MR) is 147 cm³/mol. The van der Waals surface area contributed by atoms with Crippen LogP contribution in [0.15, 0.2) is 61.2 Å². The number of aromatic amines is 2. The lowest BCUT2D eigenvalue weighted by Crippen LogP contribution is -2.76. The van der Waals surface area contributed by atoms with E-state index in [1.807, 2.05) is 61.2 Å². The van der Waals surface area contributed by atoms with Crippen molar-refractivity contribution in [1.29, 1.82) is 0 Å². The number of H-pyrrole nitrogens is 2. The van der Waals surface area contributed by atoms with E-state index >= 15 is 0 Å². The number of alkyl halides is 38. The van der Waals surface area contributed by atoms with Crippen LogP contribution in [0, 0.1) is 0 Å². The number of carboxylic acids is 2. The maximum atomic E-state index is 13.1. The normalized spacial score (nSPS) is 15.1. The summed E-state index contributed by atoms with van der Waals surface area (Å²) in [4.78, 5) is 25.2. The maximum absolute atomic E-state index is 13.1. The van der Waals surface area contributed by atoms with Crippen molar-refractivity contribution < 1.29 is 197 Å². The van der Waals surface area contributed by atoms with E-state index in [1.54, 1.807) is 0 Å². The Balaban J connectivity index is 0. The third-order valence-electron chi connectivity index (χ3n) is 7.96. The average molecular weight is 1190 g/mol. The van der Waals surface area contributed by atoms with Crippen molar-refractivity contribution >= 4 is 11.9 Å². The number of aliphatic carboxylic acids is 2. The molecular weight excluding hydrogens is 1170 g/mol. The molecule has 0 amide bonds. The van der Waals surface area contributed by atoms with Gasteiger partial charge in [0.15, 0.2) is 24.8 Å². The molecule has 0 saturated carbocycles. The van der Waals surface area contributed by atoms with Crippen LogP contribution in [-0.2, 0) is 9.59 Å². The van der Waals surface area contributed by atoms with Gasteiger partial charge < -0.3 is 19.8 Å². The molecule has 2 rings (SSSR count). The zero-order valence-electron chi connectivity index (χ0n) is 32.8. The fourth-order valence-electron chi connectivity index (χ4n) is 3.66. The van der Waals surface area contributed by atoms with Crippen LogP contribution in [0.2, 0.25) is 0 Å². The lowest BCUT2D eigenvalue weighted by molar-refractivity contribution is -0.469. The topological polar surface area (TPSA) is 109 Å². The highest BCUT2D eigenvalue weighted by Gasteiger charge is 2.98. The summed E-state index contributed by atoms with van der Waals surface area (Å²) in [5, 5.41) is 19.4. The number of pyridine rings is 2. The second-order valence-corrected chi connectivity index (χ2v) is 12.9. The van der Waals surface area contributed by atoms with Crippen LogP contribution in [0.25, 0.3) is 0 Å². The fourth-order valence-corrected chi connectivity index (χ4v) is 3.66. The smallest absolute Gasteiger partial charge is 0.460 e. The maximum Gasteiger partial charge on any atom is 0.460 e. The van der Waals surface area contributed by atoms with Crippen LogP contribution in [-0.4, -0.2) is 119 Å². The molecular formula is C30H12F38N2O4. The lowest BCUT2D eigenvalue weighted by Gasteiger charge is -2.43. The number of rotatable bonds is 16. The minimum absolute atomic E-state index is 1.88. The number of hydrogen-bond donors (Lipinski definition) is 0. The van der Waals surface area contributed by atoms with Crippen molar-refractivity contribution in [3.05, 3.63) is 61.2 Å². The molecule has 44 heteroatoms. The van der Waals surface area contributed by atoms with Crippen molar-refractivity contribution in [2.75, 3.05) is 0 Å². The first-order valence-corrected chi connectivity index (χ1v) is 16.3. The molecule has 0 aromatic carbocycles. The molecule has 6 nitrogen and oxygen atoms in total. The van der Waals surface area contributed by atoms with Gasteiger partial charge in [-0.05, 0) is 0 Å². The van der Waals surface area contributed by atoms with Gasteiger partial charge in [0.25, 0.3) is 0 Å². The minimum atomic E-state index is -9.08. The van der Waals surface area contributed by atoms with Gasteiger partial charge in [-0.15, -0.1) is 0 Å². The van der Waals surface area contributed by atoms with Gasteiger partial charge in [-0.1, -0.05) is 12.1 Å². The third kappa shape index (κ3) is 10.8. The molecule has 74 heavy (non-hydrogen) atoms. The summed E-state index contributed by atoms with van der Waals surface area (Å²) in [7, 11) is 0. The Labute approximate surface area is 377 Å². The first kappa shape index (κ1) is 70.7. The highest BCUT2D eigenvalue weighted by atomic mass is 19.4. The van der Waals surface area contributed by atoms with Crippen LogP contribution in [0.1, 0.15) is 0 Å². The number of carbonyl (C=O) groups is 2. The summed E-state index contributed by atoms with van der Waals surface area (Å²) in [5.74, 6) is -148. The van der Waals surface area contributed by atoms with Crippen LogP contribution in [0.3, 0.4) is 0 Å². The Morgan fingerprint density at radius 1 is 0.230 bits per heavy atom. The number of nitrogens with one attached hydrogen (secondary N) is 2. The molecule has 0 radical (unpaired) electrons. The van der Waals surface area contributed by atoms with E-state index in [1.165, 1.54) is 0 Å². The molecule has 0 bridgehead atoms. The van der Waals surface area contributed by atoms with E-state index in [0.29, 0.717) is 0 Å². The van der Waals surface area contributed by atoms with Crippen molar-refractivity contribution in [3.8, 4) is 0 Å². The van der Waals surface area contributed by atoms with Crippen molar-refractivity contribution in [3.63, 3.8) is 0 Å². The van der Waals surface area contributed by atoms with Crippen LogP contribution >= 0.6 is 0 Å². The van der Waals surface area contributed by atoms with Crippen LogP contribution < -0.4 is 20.2 Å². The number of halogens is 38. The van der Waals surface area contributed by atoms with Gasteiger partial charge in [0.2, 0.25) is 0 Å². The van der Waals surface area contributed by atoms with E-state index in [-0.39, 0.29) is 0 Å². The summed E-state index contributed by atoms with van der Waals surface area (Å²) in [6.45, 7) is 0. The molecule has 2 aromatic rings. The summed E-state index contributed by atoms with van der Waals surface area (Å²) >= 11 is 0. The monoisotopic (exact) mass is 1190 g/mol. The van der Waals surface area contributed by atoms with Gasteiger partial charge in [0.05, 0.1) is 0 Å². The van der Waals surface area contributed by atoms with Gasteiger partial charge in [-0.2, -0.15) is 167 Å². The van der Waals surface area contributed by atoms with Gasteiger partial charge >= 0.3 is 107 Å². The predicted octanol–water partition coefficient (Wildman–Crippen LogP) is 9.76. The Bertz CT molecular complexity index is 1950. The second kappa shape index (κ2) is 20.6. The molecule has 0 spiro atoms. The Kier molecular flexibility index (Phi) is 19.7. The molecule has 2 heterocycles. The van der Waals surface area contributed by atoms with E-state index < -0.39 is 119 Å². The number of hydrogen-bond acceptors (Lipinski definition) is 4. The summed E-state index contributed by atoms with van der Waals surface area (Å²) in [5.41, 5.74) is 0. The SMILES string of the molecule is O=C([O-])C(F)(F)C(F)(F)C(F)(F)C(F)(F)C(F)(F)C(F)(F)C(F)(F)C(F)(F)C(F)(F)F.O=C([O-])C(F)(F)C(F)(F)C(F)(F)C(F)(F)C(F)(F)C(F)(F)C(F)(F)C(F)(F)C(F)(F)F.c1cc[nH+]cc1.c1cc[nH+]cc1. The Morgan fingerprint density at radius 2 is 0.365 bits per heavy atom. The number of carbonyl (C=O) groups excluding carboxylic acids is 2. The van der Waals surface area contributed by atoms with Crippen LogP contribution in [0.4, 0.5) is 167 Å². The molecule has 0 unspecified atom stereocenters. The summed E-state index contributed by atoms with van der Waals surface area (Å²) < 4.78 is 483. The summed E-state index contributed by atoms with van der Waals surface area (Å²) in [6, 6.07) is 11.7. The molecule has 0 atom stereocenters. The van der Waals surface area contributed by atoms with E-state index in [4.69, 9.17) is 0 Å². The van der Waals surface area contributed by atoms with Gasteiger partial charge in [-0.25, -0.2) is 9.97 Å². The second-order valence-electron chi connectivity index (χ2n) is 12.9. The fraction of sp³-hybridized carbons (Fsp3) is 0.600. The highest BCUT2D eigenvalue weighted by Crippen LogP contribution is 2.67. The van der Waals surface area contributed by atoms with E-state index in [2.05, 4.69) is 9.97 Å². The Hall–Kier alpha value is -5.42. The molecule has 0 saturated heterocycles. The third-order valence-corrected chi connectivity index (χ3v) is 7.96. The van der Waals surface area contributed by atoms with Gasteiger partial charge in [-0.3, -0.25) is 0 Å². The van der Waals surface area contributed by atoms with Crippen LogP contribution in [0.5, 0.6) is 0 Å². The zero-order valence-corrected chi connectivity index (χ0v) is 32.8. The summed E-state index contributed by atoms with van der Waals surface area (Å²) in [6.07, 6.45) is -8.42. The molecule has 0 aliphatic heterocycles. The van der Waals surface area contributed by atoms with Gasteiger partial charge in [0, 0.05) is 24.3 Å². The van der Waals surface area contributed by atoms with Crippen molar-refractivity contribution in [1.82, 2.24) is 0 Å². The molecule has 0 fully saturated rings. The van der Waals surface area contributed by atoms with Crippen molar-refractivity contribution in [2.45, 2.75) is 107 Å². The number of aromatic nitrogens is 2. The van der Waals surface area contributed by atoms with E-state index in [0.717, 1.165) is 0 Å². The molecule has 0 aliphatic carbocycles. The first-order valence-electron chi connectivity index (χ1n) is 16.3. The number of carboxylic acid groups (broad SMARTS) is 2. The van der Waals surface area contributed by atoms with Crippen molar-refractivity contribution in [2.24, 2.45) is 0 Å². The minimum Gasteiger partial charge on any atom is -0.544 e. The lowest BCUT2D eigenvalue weighted by atomic mass is 9.87. The standard InChI is InChI=1S/2C10HF19O2.2C5H5N/c2*11-2(12,1(30)31)3(13,14)4(15,16)5(17,18)6(19,20)7(21,22)8(23,24)9(25,26)10(27,28)29;2*1-2-4-6-5-3-1/h2*(H,30,31);2*1-5H. The highest BCUT2D eigenvalue weighted by molar-refractivity contribution is 5.75. The quantitative estimate of drug-likeness (QED) is 0.156. The zero-order chi connectivity index (χ0) is 60.6. The molecule has 0 aliphatic rings. The van der Waals surface area contributed by atoms with E-state index in [9.17, 15) is 187 Å². The largest absolute Gasteiger partial charge is 0.544 e. The first-order chi connectivity index (χ1) is 31.9. The molecule has 2 aromatic heterocycles. The average Bonchev–Trinajstić information content (AvgIpc) is 3.23. The molecule has 2 N–H and O–H groups in total.